The first-order valence-electron chi connectivity index (χ1n) is 10.4. The van der Waals surface area contributed by atoms with Gasteiger partial charge in [-0.3, -0.25) is 9.59 Å². The molecule has 0 spiro atoms. The summed E-state index contributed by atoms with van der Waals surface area (Å²) in [7, 11) is 0. The van der Waals surface area contributed by atoms with Gasteiger partial charge in [0.1, 0.15) is 0 Å². The second kappa shape index (κ2) is 6.14. The topological polar surface area (TPSA) is 37.4 Å². The van der Waals surface area contributed by atoms with Crippen molar-refractivity contribution in [2.75, 3.05) is 4.90 Å². The van der Waals surface area contributed by atoms with E-state index < -0.39 is 5.41 Å². The van der Waals surface area contributed by atoms with Gasteiger partial charge in [-0.1, -0.05) is 71.4 Å². The van der Waals surface area contributed by atoms with E-state index in [9.17, 15) is 9.59 Å². The lowest BCUT2D eigenvalue weighted by Gasteiger charge is -2.54. The highest BCUT2D eigenvalue weighted by Crippen LogP contribution is 2.65. The van der Waals surface area contributed by atoms with Crippen LogP contribution in [0.25, 0.3) is 0 Å². The number of anilines is 1. The van der Waals surface area contributed by atoms with Crippen LogP contribution in [0.2, 0.25) is 0 Å². The molecule has 1 aliphatic heterocycles. The molecular formula is C26H20BrNO2. The SMILES string of the molecule is CCC12c3ccccc3C(c3ccccc31)[C@@H]1C(=O)N(c3ccc(Br)cc3)C(=O)[C@@H]12. The molecule has 0 unspecified atom stereocenters. The largest absolute Gasteiger partial charge is 0.274 e. The van der Waals surface area contributed by atoms with E-state index in [-0.39, 0.29) is 29.6 Å². The van der Waals surface area contributed by atoms with Gasteiger partial charge in [0.15, 0.2) is 0 Å². The third-order valence-corrected chi connectivity index (χ3v) is 7.97. The first-order chi connectivity index (χ1) is 14.6. The minimum Gasteiger partial charge on any atom is -0.274 e. The fraction of sp³-hybridized carbons (Fsp3) is 0.231. The molecule has 30 heavy (non-hydrogen) atoms. The van der Waals surface area contributed by atoms with Gasteiger partial charge in [0.25, 0.3) is 0 Å². The van der Waals surface area contributed by atoms with Crippen molar-refractivity contribution in [3.63, 3.8) is 0 Å². The highest BCUT2D eigenvalue weighted by atomic mass is 79.9. The number of rotatable bonds is 2. The predicted molar refractivity (Wildman–Crippen MR) is 119 cm³/mol. The third kappa shape index (κ3) is 2.00. The summed E-state index contributed by atoms with van der Waals surface area (Å²) in [6.45, 7) is 2.15. The van der Waals surface area contributed by atoms with Crippen molar-refractivity contribution in [3.8, 4) is 0 Å². The first kappa shape index (κ1) is 18.1. The fourth-order valence-corrected chi connectivity index (χ4v) is 6.64. The Morgan fingerprint density at radius 1 is 0.833 bits per heavy atom. The molecule has 1 heterocycles. The Morgan fingerprint density at radius 2 is 1.40 bits per heavy atom. The molecule has 0 aromatic heterocycles. The van der Waals surface area contributed by atoms with Crippen molar-refractivity contribution in [1.82, 2.24) is 0 Å². The molecule has 2 amide bonds. The molecule has 2 atom stereocenters. The number of amides is 2. The fourth-order valence-electron chi connectivity index (χ4n) is 6.37. The molecule has 148 valence electrons. The molecule has 0 radical (unpaired) electrons. The van der Waals surface area contributed by atoms with Gasteiger partial charge < -0.3 is 0 Å². The molecule has 1 fully saturated rings. The zero-order chi connectivity index (χ0) is 20.6. The van der Waals surface area contributed by atoms with E-state index in [1.807, 2.05) is 36.4 Å². The van der Waals surface area contributed by atoms with E-state index >= 15 is 0 Å². The number of hydrogen-bond donors (Lipinski definition) is 0. The zero-order valence-electron chi connectivity index (χ0n) is 16.5. The van der Waals surface area contributed by atoms with Gasteiger partial charge in [-0.05, 0) is 52.9 Å². The molecule has 3 nitrogen and oxygen atoms in total. The molecular weight excluding hydrogens is 438 g/mol. The van der Waals surface area contributed by atoms with Crippen LogP contribution in [0, 0.1) is 11.8 Å². The van der Waals surface area contributed by atoms with Gasteiger partial charge in [-0.2, -0.15) is 0 Å². The van der Waals surface area contributed by atoms with Crippen molar-refractivity contribution in [2.24, 2.45) is 11.8 Å². The Hall–Kier alpha value is -2.72. The molecule has 4 aliphatic rings. The standard InChI is InChI=1S/C26H20BrNO2/c1-2-26-19-9-5-3-7-17(19)21(18-8-4-6-10-20(18)26)22-23(26)25(30)28(24(22)29)16-13-11-15(27)12-14-16/h3-14,21-23H,2H2,1H3/t21?,22-,23+,26?/m0/s1. The van der Waals surface area contributed by atoms with Gasteiger partial charge in [0.2, 0.25) is 11.8 Å². The quantitative estimate of drug-likeness (QED) is 0.482. The molecule has 1 saturated heterocycles. The smallest absolute Gasteiger partial charge is 0.238 e. The molecule has 0 N–H and O–H groups in total. The van der Waals surface area contributed by atoms with Crippen LogP contribution in [0.3, 0.4) is 0 Å². The first-order valence-corrected chi connectivity index (χ1v) is 11.2. The molecule has 3 aromatic carbocycles. The Morgan fingerprint density at radius 3 is 1.97 bits per heavy atom. The van der Waals surface area contributed by atoms with Gasteiger partial charge >= 0.3 is 0 Å². The summed E-state index contributed by atoms with van der Waals surface area (Å²) in [6, 6.07) is 24.3. The summed E-state index contributed by atoms with van der Waals surface area (Å²) in [4.78, 5) is 29.1. The predicted octanol–water partition coefficient (Wildman–Crippen LogP) is 5.41. The summed E-state index contributed by atoms with van der Waals surface area (Å²) in [6.07, 6.45) is 0.780. The number of benzene rings is 3. The highest BCUT2D eigenvalue weighted by molar-refractivity contribution is 9.10. The maximum atomic E-state index is 13.9. The maximum absolute atomic E-state index is 13.9. The zero-order valence-corrected chi connectivity index (χ0v) is 18.1. The summed E-state index contributed by atoms with van der Waals surface area (Å²) < 4.78 is 0.924. The van der Waals surface area contributed by atoms with Crippen LogP contribution in [0.1, 0.15) is 41.5 Å². The van der Waals surface area contributed by atoms with Crippen LogP contribution in [-0.2, 0) is 15.0 Å². The van der Waals surface area contributed by atoms with E-state index in [1.165, 1.54) is 27.2 Å². The summed E-state index contributed by atoms with van der Waals surface area (Å²) >= 11 is 3.44. The Labute approximate surface area is 183 Å². The van der Waals surface area contributed by atoms with E-state index in [0.29, 0.717) is 5.69 Å². The second-order valence-corrected chi connectivity index (χ2v) is 9.38. The lowest BCUT2D eigenvalue weighted by molar-refractivity contribution is -0.123. The lowest BCUT2D eigenvalue weighted by atomic mass is 9.46. The van der Waals surface area contributed by atoms with E-state index in [1.54, 1.807) is 0 Å². The van der Waals surface area contributed by atoms with Crippen LogP contribution >= 0.6 is 15.9 Å². The minimum absolute atomic E-state index is 0.0665. The van der Waals surface area contributed by atoms with E-state index in [4.69, 9.17) is 0 Å². The normalized spacial score (nSPS) is 28.3. The number of carbonyl (C=O) groups is 2. The maximum Gasteiger partial charge on any atom is 0.238 e. The van der Waals surface area contributed by atoms with Gasteiger partial charge in [-0.15, -0.1) is 0 Å². The van der Waals surface area contributed by atoms with Crippen LogP contribution in [-0.4, -0.2) is 11.8 Å². The average Bonchev–Trinajstić information content (AvgIpc) is 3.05. The molecule has 3 aliphatic carbocycles. The van der Waals surface area contributed by atoms with Gasteiger partial charge in [0.05, 0.1) is 17.5 Å². The van der Waals surface area contributed by atoms with Crippen molar-refractivity contribution < 1.29 is 9.59 Å². The highest BCUT2D eigenvalue weighted by Gasteiger charge is 2.67. The summed E-state index contributed by atoms with van der Waals surface area (Å²) in [5.41, 5.74) is 5.04. The monoisotopic (exact) mass is 457 g/mol. The van der Waals surface area contributed by atoms with Crippen LogP contribution < -0.4 is 4.90 Å². The Balaban J connectivity index is 1.63. The molecule has 0 saturated carbocycles. The van der Waals surface area contributed by atoms with Crippen LogP contribution in [0.5, 0.6) is 0 Å². The molecule has 4 heteroatoms. The number of nitrogens with zero attached hydrogens (tertiary/aromatic N) is 1. The van der Waals surface area contributed by atoms with Crippen molar-refractivity contribution in [1.29, 1.82) is 0 Å². The molecule has 2 bridgehead atoms. The second-order valence-electron chi connectivity index (χ2n) is 8.47. The summed E-state index contributed by atoms with van der Waals surface area (Å²) in [5, 5.41) is 0. The van der Waals surface area contributed by atoms with Crippen molar-refractivity contribution in [3.05, 3.63) is 99.5 Å². The average molecular weight is 458 g/mol. The van der Waals surface area contributed by atoms with Crippen LogP contribution in [0.15, 0.2) is 77.3 Å². The van der Waals surface area contributed by atoms with E-state index in [0.717, 1.165) is 10.9 Å². The van der Waals surface area contributed by atoms with Gasteiger partial charge in [-0.25, -0.2) is 4.90 Å². The molecule has 7 rings (SSSR count). The number of halogens is 1. The number of hydrogen-bond acceptors (Lipinski definition) is 2. The number of imide groups is 1. The minimum atomic E-state index is -0.469. The Kier molecular flexibility index (Phi) is 3.70. The van der Waals surface area contributed by atoms with E-state index in [2.05, 4.69) is 59.3 Å². The summed E-state index contributed by atoms with van der Waals surface area (Å²) in [5.74, 6) is -0.936. The van der Waals surface area contributed by atoms with Crippen molar-refractivity contribution >= 4 is 33.4 Å². The van der Waals surface area contributed by atoms with Crippen LogP contribution in [0.4, 0.5) is 5.69 Å². The van der Waals surface area contributed by atoms with Gasteiger partial charge in [0, 0.05) is 15.8 Å². The third-order valence-electron chi connectivity index (χ3n) is 7.44. The lowest BCUT2D eigenvalue weighted by Crippen LogP contribution is -2.53. The molecule has 3 aromatic rings. The Bertz CT molecular complexity index is 1170. The number of carbonyl (C=O) groups excluding carboxylic acids is 2. The van der Waals surface area contributed by atoms with Crippen molar-refractivity contribution in [2.45, 2.75) is 24.7 Å².